The van der Waals surface area contributed by atoms with Gasteiger partial charge >= 0.3 is 0 Å². The van der Waals surface area contributed by atoms with Crippen molar-refractivity contribution in [3.05, 3.63) is 29.8 Å². The molecule has 0 radical (unpaired) electrons. The standard InChI is InChI=1S/C15H19FN2O/c1-18(9-13-7-10-2-3-11(13)6-10)15(19)12-4-5-17-14(16)8-12/h4-5,8,10-11,13H,2-3,6-7,9H2,1H3. The van der Waals surface area contributed by atoms with Crippen LogP contribution in [-0.2, 0) is 0 Å². The molecular formula is C15H19FN2O. The van der Waals surface area contributed by atoms with Gasteiger partial charge in [0, 0.05) is 31.4 Å². The summed E-state index contributed by atoms with van der Waals surface area (Å²) < 4.78 is 13.0. The van der Waals surface area contributed by atoms with Crippen molar-refractivity contribution in [1.82, 2.24) is 9.88 Å². The summed E-state index contributed by atoms with van der Waals surface area (Å²) in [5, 5.41) is 0. The van der Waals surface area contributed by atoms with E-state index in [4.69, 9.17) is 0 Å². The Morgan fingerprint density at radius 1 is 1.47 bits per heavy atom. The van der Waals surface area contributed by atoms with E-state index >= 15 is 0 Å². The zero-order valence-electron chi connectivity index (χ0n) is 11.2. The van der Waals surface area contributed by atoms with E-state index in [1.54, 1.807) is 11.0 Å². The molecule has 0 aliphatic heterocycles. The average Bonchev–Trinajstić information content (AvgIpc) is 3.00. The number of halogens is 1. The largest absolute Gasteiger partial charge is 0.341 e. The van der Waals surface area contributed by atoms with E-state index in [0.29, 0.717) is 11.5 Å². The van der Waals surface area contributed by atoms with Crippen molar-refractivity contribution in [1.29, 1.82) is 0 Å². The van der Waals surface area contributed by atoms with Crippen LogP contribution in [0.5, 0.6) is 0 Å². The summed E-state index contributed by atoms with van der Waals surface area (Å²) in [6, 6.07) is 2.78. The van der Waals surface area contributed by atoms with Gasteiger partial charge in [0.25, 0.3) is 5.91 Å². The lowest BCUT2D eigenvalue weighted by Gasteiger charge is -2.27. The molecule has 2 saturated carbocycles. The van der Waals surface area contributed by atoms with E-state index in [1.165, 1.54) is 37.9 Å². The molecule has 3 rings (SSSR count). The SMILES string of the molecule is CN(CC1CC2CCC1C2)C(=O)c1ccnc(F)c1. The number of pyridine rings is 1. The van der Waals surface area contributed by atoms with E-state index in [2.05, 4.69) is 4.98 Å². The molecule has 0 aromatic carbocycles. The Bertz CT molecular complexity index is 491. The van der Waals surface area contributed by atoms with Gasteiger partial charge in [-0.25, -0.2) is 4.98 Å². The van der Waals surface area contributed by atoms with Crippen molar-refractivity contribution in [2.45, 2.75) is 25.7 Å². The fraction of sp³-hybridized carbons (Fsp3) is 0.600. The van der Waals surface area contributed by atoms with E-state index in [1.807, 2.05) is 7.05 Å². The van der Waals surface area contributed by atoms with Gasteiger partial charge in [-0.2, -0.15) is 4.39 Å². The van der Waals surface area contributed by atoms with Crippen LogP contribution in [0.15, 0.2) is 18.3 Å². The van der Waals surface area contributed by atoms with Gasteiger partial charge in [0.05, 0.1) is 0 Å². The number of rotatable bonds is 3. The normalized spacial score (nSPS) is 28.6. The second kappa shape index (κ2) is 4.91. The van der Waals surface area contributed by atoms with Gasteiger partial charge in [-0.1, -0.05) is 6.42 Å². The van der Waals surface area contributed by atoms with E-state index in [-0.39, 0.29) is 5.91 Å². The average molecular weight is 262 g/mol. The number of carbonyl (C=O) groups is 1. The minimum Gasteiger partial charge on any atom is -0.341 e. The molecule has 1 heterocycles. The second-order valence-electron chi connectivity index (χ2n) is 5.99. The molecular weight excluding hydrogens is 243 g/mol. The van der Waals surface area contributed by atoms with Crippen molar-refractivity contribution in [3.8, 4) is 0 Å². The third-order valence-corrected chi connectivity index (χ3v) is 4.71. The number of nitrogens with zero attached hydrogens (tertiary/aromatic N) is 2. The molecule has 3 atom stereocenters. The lowest BCUT2D eigenvalue weighted by Crippen LogP contribution is -2.33. The topological polar surface area (TPSA) is 33.2 Å². The zero-order valence-corrected chi connectivity index (χ0v) is 11.2. The summed E-state index contributed by atoms with van der Waals surface area (Å²) in [6.07, 6.45) is 6.63. The van der Waals surface area contributed by atoms with Gasteiger partial charge < -0.3 is 4.90 Å². The Balaban J connectivity index is 1.64. The maximum atomic E-state index is 13.0. The molecule has 102 valence electrons. The molecule has 0 saturated heterocycles. The molecule has 2 fully saturated rings. The maximum absolute atomic E-state index is 13.0. The van der Waals surface area contributed by atoms with Crippen LogP contribution in [0, 0.1) is 23.7 Å². The first-order valence-electron chi connectivity index (χ1n) is 7.00. The molecule has 3 nitrogen and oxygen atoms in total. The molecule has 1 aromatic heterocycles. The van der Waals surface area contributed by atoms with Crippen LogP contribution < -0.4 is 0 Å². The minimum atomic E-state index is -0.598. The maximum Gasteiger partial charge on any atom is 0.253 e. The zero-order chi connectivity index (χ0) is 13.4. The van der Waals surface area contributed by atoms with E-state index < -0.39 is 5.95 Å². The quantitative estimate of drug-likeness (QED) is 0.785. The third-order valence-electron chi connectivity index (χ3n) is 4.71. The fourth-order valence-corrected chi connectivity index (χ4v) is 3.79. The van der Waals surface area contributed by atoms with Gasteiger partial charge in [0.2, 0.25) is 5.95 Å². The Morgan fingerprint density at radius 2 is 2.32 bits per heavy atom. The summed E-state index contributed by atoms with van der Waals surface area (Å²) in [5.41, 5.74) is 0.387. The van der Waals surface area contributed by atoms with Gasteiger partial charge in [-0.05, 0) is 43.1 Å². The van der Waals surface area contributed by atoms with Crippen LogP contribution in [0.1, 0.15) is 36.0 Å². The number of hydrogen-bond donors (Lipinski definition) is 0. The molecule has 0 spiro atoms. The third kappa shape index (κ3) is 2.48. The van der Waals surface area contributed by atoms with E-state index in [9.17, 15) is 9.18 Å². The predicted molar refractivity (Wildman–Crippen MR) is 70.1 cm³/mol. The fourth-order valence-electron chi connectivity index (χ4n) is 3.79. The first-order chi connectivity index (χ1) is 9.13. The molecule has 3 unspecified atom stereocenters. The van der Waals surface area contributed by atoms with Crippen molar-refractivity contribution in [3.63, 3.8) is 0 Å². The first-order valence-corrected chi connectivity index (χ1v) is 7.00. The Morgan fingerprint density at radius 3 is 2.95 bits per heavy atom. The Kier molecular flexibility index (Phi) is 3.25. The van der Waals surface area contributed by atoms with E-state index in [0.717, 1.165) is 18.4 Å². The molecule has 4 heteroatoms. The molecule has 1 amide bonds. The number of aromatic nitrogens is 1. The number of amides is 1. The molecule has 2 aliphatic carbocycles. The predicted octanol–water partition coefficient (Wildman–Crippen LogP) is 2.73. The van der Waals surface area contributed by atoms with Crippen LogP contribution >= 0.6 is 0 Å². The molecule has 2 aliphatic rings. The molecule has 0 N–H and O–H groups in total. The highest BCUT2D eigenvalue weighted by molar-refractivity contribution is 5.93. The first kappa shape index (κ1) is 12.6. The molecule has 19 heavy (non-hydrogen) atoms. The van der Waals surface area contributed by atoms with Crippen LogP contribution in [0.25, 0.3) is 0 Å². The van der Waals surface area contributed by atoms with Crippen molar-refractivity contribution in [2.75, 3.05) is 13.6 Å². The second-order valence-corrected chi connectivity index (χ2v) is 5.99. The van der Waals surface area contributed by atoms with Crippen LogP contribution in [0.3, 0.4) is 0 Å². The van der Waals surface area contributed by atoms with Crippen molar-refractivity contribution < 1.29 is 9.18 Å². The highest BCUT2D eigenvalue weighted by Gasteiger charge is 2.40. The summed E-state index contributed by atoms with van der Waals surface area (Å²) in [7, 11) is 1.81. The summed E-state index contributed by atoms with van der Waals surface area (Å²) in [6.45, 7) is 0.796. The highest BCUT2D eigenvalue weighted by Crippen LogP contribution is 2.48. The monoisotopic (exact) mass is 262 g/mol. The summed E-state index contributed by atoms with van der Waals surface area (Å²) >= 11 is 0. The Hall–Kier alpha value is -1.45. The highest BCUT2D eigenvalue weighted by atomic mass is 19.1. The van der Waals surface area contributed by atoms with Crippen molar-refractivity contribution >= 4 is 5.91 Å². The van der Waals surface area contributed by atoms with Gasteiger partial charge in [-0.3, -0.25) is 4.79 Å². The summed E-state index contributed by atoms with van der Waals surface area (Å²) in [4.78, 5) is 17.4. The minimum absolute atomic E-state index is 0.107. The smallest absolute Gasteiger partial charge is 0.253 e. The van der Waals surface area contributed by atoms with Crippen LogP contribution in [0.4, 0.5) is 4.39 Å². The summed E-state index contributed by atoms with van der Waals surface area (Å²) in [5.74, 6) is 1.62. The molecule has 1 aromatic rings. The Labute approximate surface area is 112 Å². The van der Waals surface area contributed by atoms with Crippen LogP contribution in [-0.4, -0.2) is 29.4 Å². The van der Waals surface area contributed by atoms with Crippen LogP contribution in [0.2, 0.25) is 0 Å². The molecule has 2 bridgehead atoms. The van der Waals surface area contributed by atoms with Gasteiger partial charge in [0.15, 0.2) is 0 Å². The lowest BCUT2D eigenvalue weighted by atomic mass is 9.88. The number of carbonyl (C=O) groups excluding carboxylic acids is 1. The van der Waals surface area contributed by atoms with Crippen molar-refractivity contribution in [2.24, 2.45) is 17.8 Å². The number of fused-ring (bicyclic) bond motifs is 2. The number of hydrogen-bond acceptors (Lipinski definition) is 2. The lowest BCUT2D eigenvalue weighted by molar-refractivity contribution is 0.0753. The van der Waals surface area contributed by atoms with Gasteiger partial charge in [-0.15, -0.1) is 0 Å². The van der Waals surface area contributed by atoms with Gasteiger partial charge in [0.1, 0.15) is 0 Å².